The number of alkyl halides is 1. The van der Waals surface area contributed by atoms with Gasteiger partial charge in [0.25, 0.3) is 0 Å². The van der Waals surface area contributed by atoms with Crippen LogP contribution in [0.2, 0.25) is 0 Å². The number of hydrogen-bond donors (Lipinski definition) is 1. The van der Waals surface area contributed by atoms with Gasteiger partial charge in [0, 0.05) is 5.88 Å². The van der Waals surface area contributed by atoms with Crippen molar-refractivity contribution in [3.8, 4) is 5.75 Å². The van der Waals surface area contributed by atoms with Gasteiger partial charge in [-0.25, -0.2) is 0 Å². The Morgan fingerprint density at radius 3 is 2.94 bits per heavy atom. The van der Waals surface area contributed by atoms with Gasteiger partial charge in [0.05, 0.1) is 12.7 Å². The predicted octanol–water partition coefficient (Wildman–Crippen LogP) is 3.63. The summed E-state index contributed by atoms with van der Waals surface area (Å²) in [6.45, 7) is 0. The molecular formula is C15H21ClO2. The largest absolute Gasteiger partial charge is 0.497 e. The third-order valence-electron chi connectivity index (χ3n) is 3.83. The van der Waals surface area contributed by atoms with Crippen molar-refractivity contribution >= 4 is 11.6 Å². The van der Waals surface area contributed by atoms with E-state index >= 15 is 0 Å². The maximum Gasteiger partial charge on any atom is 0.119 e. The lowest BCUT2D eigenvalue weighted by molar-refractivity contribution is 0.00785. The standard InChI is InChI=1S/C15H21ClO2/c1-18-13-7-6-12-5-4-9-15(17,14(12)11-13)8-2-3-10-16/h6-7,11,17H,2-5,8-10H2,1H3. The summed E-state index contributed by atoms with van der Waals surface area (Å²) in [5.74, 6) is 1.49. The second-order valence-corrected chi connectivity index (χ2v) is 5.43. The van der Waals surface area contributed by atoms with E-state index in [1.807, 2.05) is 12.1 Å². The normalized spacial score (nSPS) is 22.6. The number of hydrogen-bond acceptors (Lipinski definition) is 2. The fraction of sp³-hybridized carbons (Fsp3) is 0.600. The SMILES string of the molecule is COc1ccc2c(c1)C(O)(CCCCCl)CCC2. The topological polar surface area (TPSA) is 29.5 Å². The number of fused-ring (bicyclic) bond motifs is 1. The van der Waals surface area contributed by atoms with Crippen LogP contribution < -0.4 is 4.74 Å². The maximum atomic E-state index is 10.9. The van der Waals surface area contributed by atoms with Gasteiger partial charge >= 0.3 is 0 Å². The number of unbranched alkanes of at least 4 members (excludes halogenated alkanes) is 1. The van der Waals surface area contributed by atoms with Gasteiger partial charge in [-0.1, -0.05) is 6.07 Å². The highest BCUT2D eigenvalue weighted by Crippen LogP contribution is 2.40. The molecular weight excluding hydrogens is 248 g/mol. The van der Waals surface area contributed by atoms with Crippen molar-refractivity contribution < 1.29 is 9.84 Å². The Bertz CT molecular complexity index is 405. The van der Waals surface area contributed by atoms with Crippen LogP contribution in [-0.4, -0.2) is 18.1 Å². The fourth-order valence-electron chi connectivity index (χ4n) is 2.81. The highest BCUT2D eigenvalue weighted by atomic mass is 35.5. The highest BCUT2D eigenvalue weighted by molar-refractivity contribution is 6.17. The van der Waals surface area contributed by atoms with Crippen LogP contribution in [-0.2, 0) is 12.0 Å². The van der Waals surface area contributed by atoms with Crippen molar-refractivity contribution in [2.24, 2.45) is 0 Å². The zero-order valence-corrected chi connectivity index (χ0v) is 11.7. The second kappa shape index (κ2) is 5.94. The number of benzene rings is 1. The quantitative estimate of drug-likeness (QED) is 0.653. The van der Waals surface area contributed by atoms with Gasteiger partial charge < -0.3 is 9.84 Å². The molecule has 1 unspecified atom stereocenters. The lowest BCUT2D eigenvalue weighted by Crippen LogP contribution is -2.30. The molecule has 0 radical (unpaired) electrons. The molecule has 2 rings (SSSR count). The minimum absolute atomic E-state index is 0.668. The average Bonchev–Trinajstić information content (AvgIpc) is 2.39. The Morgan fingerprint density at radius 1 is 1.39 bits per heavy atom. The Balaban J connectivity index is 2.24. The molecule has 0 saturated carbocycles. The number of rotatable bonds is 5. The molecule has 0 amide bonds. The fourth-order valence-corrected chi connectivity index (χ4v) is 3.00. The van der Waals surface area contributed by atoms with E-state index in [9.17, 15) is 5.11 Å². The molecule has 0 saturated heterocycles. The second-order valence-electron chi connectivity index (χ2n) is 5.05. The molecule has 0 fully saturated rings. The summed E-state index contributed by atoms with van der Waals surface area (Å²) in [6, 6.07) is 6.05. The van der Waals surface area contributed by atoms with Gasteiger partial charge in [0.15, 0.2) is 0 Å². The van der Waals surface area contributed by atoms with Crippen LogP contribution in [0, 0.1) is 0 Å². The van der Waals surface area contributed by atoms with Crippen molar-refractivity contribution in [3.63, 3.8) is 0 Å². The summed E-state index contributed by atoms with van der Waals surface area (Å²) < 4.78 is 5.27. The lowest BCUT2D eigenvalue weighted by atomic mass is 9.76. The first-order chi connectivity index (χ1) is 8.69. The van der Waals surface area contributed by atoms with Crippen molar-refractivity contribution in [1.82, 2.24) is 0 Å². The van der Waals surface area contributed by atoms with E-state index in [0.29, 0.717) is 5.88 Å². The summed E-state index contributed by atoms with van der Waals surface area (Å²) in [7, 11) is 1.66. The summed E-state index contributed by atoms with van der Waals surface area (Å²) in [4.78, 5) is 0. The van der Waals surface area contributed by atoms with E-state index in [1.54, 1.807) is 7.11 Å². The summed E-state index contributed by atoms with van der Waals surface area (Å²) >= 11 is 5.71. The van der Waals surface area contributed by atoms with Crippen molar-refractivity contribution in [2.75, 3.05) is 13.0 Å². The molecule has 18 heavy (non-hydrogen) atoms. The van der Waals surface area contributed by atoms with Gasteiger partial charge in [0.1, 0.15) is 5.75 Å². The minimum Gasteiger partial charge on any atom is -0.497 e. The number of aliphatic hydroxyl groups is 1. The molecule has 1 N–H and O–H groups in total. The number of methoxy groups -OCH3 is 1. The Labute approximate surface area is 114 Å². The molecule has 1 atom stereocenters. The van der Waals surface area contributed by atoms with E-state index in [2.05, 4.69) is 6.07 Å². The Hall–Kier alpha value is -0.730. The monoisotopic (exact) mass is 268 g/mol. The molecule has 0 spiro atoms. The molecule has 0 aliphatic heterocycles. The van der Waals surface area contributed by atoms with Crippen LogP contribution in [0.4, 0.5) is 0 Å². The van der Waals surface area contributed by atoms with E-state index in [4.69, 9.17) is 16.3 Å². The highest BCUT2D eigenvalue weighted by Gasteiger charge is 2.33. The first-order valence-corrected chi connectivity index (χ1v) is 7.19. The molecule has 1 aromatic carbocycles. The van der Waals surface area contributed by atoms with Crippen molar-refractivity contribution in [1.29, 1.82) is 0 Å². The van der Waals surface area contributed by atoms with Gasteiger partial charge in [-0.2, -0.15) is 0 Å². The summed E-state index contributed by atoms with van der Waals surface area (Å²) in [6.07, 6.45) is 5.67. The van der Waals surface area contributed by atoms with Gasteiger partial charge in [-0.3, -0.25) is 0 Å². The molecule has 1 aliphatic rings. The molecule has 3 heteroatoms. The first kappa shape index (κ1) is 13.7. The third kappa shape index (κ3) is 2.81. The Morgan fingerprint density at radius 2 is 2.22 bits per heavy atom. The molecule has 1 aromatic rings. The zero-order valence-electron chi connectivity index (χ0n) is 10.9. The molecule has 100 valence electrons. The van der Waals surface area contributed by atoms with Gasteiger partial charge in [-0.05, 0) is 61.8 Å². The molecule has 1 aliphatic carbocycles. The van der Waals surface area contributed by atoms with Gasteiger partial charge in [-0.15, -0.1) is 11.6 Å². The maximum absolute atomic E-state index is 10.9. The zero-order chi connectivity index (χ0) is 13.0. The van der Waals surface area contributed by atoms with Crippen molar-refractivity contribution in [2.45, 2.75) is 44.1 Å². The van der Waals surface area contributed by atoms with Crippen LogP contribution >= 0.6 is 11.6 Å². The lowest BCUT2D eigenvalue weighted by Gasteiger charge is -2.35. The summed E-state index contributed by atoms with van der Waals surface area (Å²) in [5.41, 5.74) is 1.63. The van der Waals surface area contributed by atoms with Crippen LogP contribution in [0.15, 0.2) is 18.2 Å². The van der Waals surface area contributed by atoms with Crippen LogP contribution in [0.25, 0.3) is 0 Å². The number of halogens is 1. The average molecular weight is 269 g/mol. The number of aryl methyl sites for hydroxylation is 1. The van der Waals surface area contributed by atoms with Crippen LogP contribution in [0.5, 0.6) is 5.75 Å². The molecule has 2 nitrogen and oxygen atoms in total. The first-order valence-electron chi connectivity index (χ1n) is 6.65. The summed E-state index contributed by atoms with van der Waals surface area (Å²) in [5, 5.41) is 10.9. The smallest absolute Gasteiger partial charge is 0.119 e. The van der Waals surface area contributed by atoms with E-state index in [1.165, 1.54) is 5.56 Å². The van der Waals surface area contributed by atoms with E-state index in [-0.39, 0.29) is 0 Å². The molecule has 0 aromatic heterocycles. The van der Waals surface area contributed by atoms with Crippen molar-refractivity contribution in [3.05, 3.63) is 29.3 Å². The number of ether oxygens (including phenoxy) is 1. The predicted molar refractivity (Wildman–Crippen MR) is 74.4 cm³/mol. The third-order valence-corrected chi connectivity index (χ3v) is 4.10. The molecule has 0 bridgehead atoms. The van der Waals surface area contributed by atoms with Crippen LogP contribution in [0.1, 0.15) is 43.2 Å². The van der Waals surface area contributed by atoms with Crippen LogP contribution in [0.3, 0.4) is 0 Å². The van der Waals surface area contributed by atoms with E-state index < -0.39 is 5.60 Å². The van der Waals surface area contributed by atoms with Gasteiger partial charge in [0.2, 0.25) is 0 Å². The molecule has 0 heterocycles. The Kier molecular flexibility index (Phi) is 4.52. The van der Waals surface area contributed by atoms with E-state index in [0.717, 1.165) is 49.8 Å². The minimum atomic E-state index is -0.686.